The van der Waals surface area contributed by atoms with Gasteiger partial charge < -0.3 is 4.57 Å². The number of ketones is 1. The van der Waals surface area contributed by atoms with Gasteiger partial charge in [-0.05, 0) is 39.0 Å². The predicted molar refractivity (Wildman–Crippen MR) is 61.5 cm³/mol. The molecule has 0 radical (unpaired) electrons. The molecule has 1 unspecified atom stereocenters. The van der Waals surface area contributed by atoms with Gasteiger partial charge in [-0.25, -0.2) is 4.98 Å². The van der Waals surface area contributed by atoms with Crippen LogP contribution in [0.2, 0.25) is 0 Å². The summed E-state index contributed by atoms with van der Waals surface area (Å²) in [4.78, 5) is 16.3. The number of hydrogen-bond acceptors (Lipinski definition) is 2. The molecule has 1 aromatic heterocycles. The lowest BCUT2D eigenvalue weighted by molar-refractivity contribution is -0.120. The third kappa shape index (κ3) is 1.41. The van der Waals surface area contributed by atoms with E-state index in [1.807, 2.05) is 6.20 Å². The molecule has 0 N–H and O–H groups in total. The molecule has 2 aliphatic rings. The van der Waals surface area contributed by atoms with Gasteiger partial charge in [0, 0.05) is 17.8 Å². The van der Waals surface area contributed by atoms with Crippen LogP contribution in [0.3, 0.4) is 0 Å². The van der Waals surface area contributed by atoms with Gasteiger partial charge in [0.2, 0.25) is 0 Å². The molecule has 0 spiro atoms. The van der Waals surface area contributed by atoms with Gasteiger partial charge in [-0.1, -0.05) is 6.42 Å². The minimum absolute atomic E-state index is 0.0712. The Balaban J connectivity index is 2.01. The molecule has 1 fully saturated rings. The van der Waals surface area contributed by atoms with Crippen molar-refractivity contribution in [3.8, 4) is 0 Å². The normalized spacial score (nSPS) is 24.9. The summed E-state index contributed by atoms with van der Waals surface area (Å²) in [5, 5.41) is 0. The summed E-state index contributed by atoms with van der Waals surface area (Å²) in [6, 6.07) is 0.0712. The van der Waals surface area contributed by atoms with Crippen LogP contribution in [0.4, 0.5) is 0 Å². The molecule has 16 heavy (non-hydrogen) atoms. The second kappa shape index (κ2) is 3.72. The molecule has 86 valence electrons. The first-order chi connectivity index (χ1) is 7.77. The summed E-state index contributed by atoms with van der Waals surface area (Å²) in [7, 11) is 0. The van der Waals surface area contributed by atoms with Crippen LogP contribution in [0.1, 0.15) is 62.5 Å². The highest BCUT2D eigenvalue weighted by Crippen LogP contribution is 2.39. The quantitative estimate of drug-likeness (QED) is 0.764. The molecular weight excluding hydrogens is 200 g/mol. The van der Waals surface area contributed by atoms with Crippen LogP contribution in [0.15, 0.2) is 6.20 Å². The zero-order valence-corrected chi connectivity index (χ0v) is 9.78. The molecule has 1 aliphatic carbocycles. The second-order valence-corrected chi connectivity index (χ2v) is 5.12. The lowest BCUT2D eigenvalue weighted by Gasteiger charge is -2.31. The summed E-state index contributed by atoms with van der Waals surface area (Å²) in [5.74, 6) is 2.09. The van der Waals surface area contributed by atoms with E-state index in [0.717, 1.165) is 19.3 Å². The van der Waals surface area contributed by atoms with Crippen molar-refractivity contribution in [3.63, 3.8) is 0 Å². The summed E-state index contributed by atoms with van der Waals surface area (Å²) >= 11 is 0. The number of Topliss-reactive ketones (excluding diaryl/α,β-unsaturated/α-hetero) is 1. The minimum atomic E-state index is 0.0712. The Hall–Kier alpha value is -1.12. The van der Waals surface area contributed by atoms with E-state index in [1.165, 1.54) is 30.8 Å². The third-order valence-corrected chi connectivity index (χ3v) is 4.06. The number of carbonyl (C=O) groups is 1. The molecular formula is C13H18N2O. The summed E-state index contributed by atoms with van der Waals surface area (Å²) in [6.45, 7) is 1.71. The molecule has 0 saturated heterocycles. The highest BCUT2D eigenvalue weighted by Gasteiger charge is 2.31. The monoisotopic (exact) mass is 218 g/mol. The van der Waals surface area contributed by atoms with E-state index in [4.69, 9.17) is 0 Å². The first kappa shape index (κ1) is 10.1. The van der Waals surface area contributed by atoms with E-state index in [0.29, 0.717) is 11.7 Å². The lowest BCUT2D eigenvalue weighted by Crippen LogP contribution is -2.27. The first-order valence-electron chi connectivity index (χ1n) is 6.34. The number of rotatable bonds is 2. The van der Waals surface area contributed by atoms with Crippen molar-refractivity contribution in [2.75, 3.05) is 0 Å². The molecule has 1 aromatic rings. The topological polar surface area (TPSA) is 34.9 Å². The third-order valence-electron chi connectivity index (χ3n) is 4.06. The molecule has 1 saturated carbocycles. The van der Waals surface area contributed by atoms with Crippen molar-refractivity contribution in [1.82, 2.24) is 9.55 Å². The van der Waals surface area contributed by atoms with Gasteiger partial charge in [0.1, 0.15) is 5.82 Å². The summed E-state index contributed by atoms with van der Waals surface area (Å²) in [5.41, 5.74) is 1.27. The molecule has 2 heterocycles. The maximum absolute atomic E-state index is 11.7. The van der Waals surface area contributed by atoms with E-state index in [1.54, 1.807) is 6.92 Å². The van der Waals surface area contributed by atoms with E-state index >= 15 is 0 Å². The maximum Gasteiger partial charge on any atom is 0.152 e. The fraction of sp³-hybridized carbons (Fsp3) is 0.692. The van der Waals surface area contributed by atoms with Gasteiger partial charge in [0.15, 0.2) is 5.78 Å². The van der Waals surface area contributed by atoms with Crippen LogP contribution in [-0.4, -0.2) is 15.3 Å². The standard InChI is InChI=1S/C13H18N2O/c1-9(16)12-7-3-6-11-8-14-13(15(11)12)10-4-2-5-10/h8,10,12H,2-7H2,1H3. The number of nitrogens with zero attached hydrogens (tertiary/aromatic N) is 2. The van der Waals surface area contributed by atoms with Crippen LogP contribution in [-0.2, 0) is 11.2 Å². The molecule has 3 nitrogen and oxygen atoms in total. The summed E-state index contributed by atoms with van der Waals surface area (Å²) < 4.78 is 2.25. The van der Waals surface area contributed by atoms with Gasteiger partial charge in [-0.2, -0.15) is 0 Å². The summed E-state index contributed by atoms with van der Waals surface area (Å²) in [6.07, 6.45) is 9.02. The van der Waals surface area contributed by atoms with E-state index in [9.17, 15) is 4.79 Å². The zero-order chi connectivity index (χ0) is 11.1. The van der Waals surface area contributed by atoms with Crippen LogP contribution >= 0.6 is 0 Å². The Kier molecular flexibility index (Phi) is 2.34. The van der Waals surface area contributed by atoms with Crippen molar-refractivity contribution in [3.05, 3.63) is 17.7 Å². The number of imidazole rings is 1. The van der Waals surface area contributed by atoms with E-state index in [2.05, 4.69) is 9.55 Å². The SMILES string of the molecule is CC(=O)C1CCCc2cnc(C3CCC3)n21. The molecule has 0 aromatic carbocycles. The van der Waals surface area contributed by atoms with Crippen LogP contribution < -0.4 is 0 Å². The van der Waals surface area contributed by atoms with Gasteiger partial charge in [0.05, 0.1) is 6.04 Å². The highest BCUT2D eigenvalue weighted by molar-refractivity contribution is 5.80. The van der Waals surface area contributed by atoms with Gasteiger partial charge in [-0.15, -0.1) is 0 Å². The van der Waals surface area contributed by atoms with E-state index < -0.39 is 0 Å². The molecule has 0 amide bonds. The Morgan fingerprint density at radius 3 is 2.81 bits per heavy atom. The fourth-order valence-electron chi connectivity index (χ4n) is 2.92. The average Bonchev–Trinajstić information content (AvgIpc) is 2.59. The molecule has 3 heteroatoms. The van der Waals surface area contributed by atoms with Gasteiger partial charge in [0.25, 0.3) is 0 Å². The fourth-order valence-corrected chi connectivity index (χ4v) is 2.92. The molecule has 1 aliphatic heterocycles. The first-order valence-corrected chi connectivity index (χ1v) is 6.34. The Morgan fingerprint density at radius 1 is 1.38 bits per heavy atom. The minimum Gasteiger partial charge on any atom is -0.321 e. The molecule has 1 atom stereocenters. The average molecular weight is 218 g/mol. The number of aromatic nitrogens is 2. The van der Waals surface area contributed by atoms with Crippen LogP contribution in [0, 0.1) is 0 Å². The largest absolute Gasteiger partial charge is 0.321 e. The molecule has 0 bridgehead atoms. The number of fused-ring (bicyclic) bond motifs is 1. The van der Waals surface area contributed by atoms with Crippen molar-refractivity contribution in [2.45, 2.75) is 57.4 Å². The zero-order valence-electron chi connectivity index (χ0n) is 9.78. The number of carbonyl (C=O) groups excluding carboxylic acids is 1. The second-order valence-electron chi connectivity index (χ2n) is 5.12. The lowest BCUT2D eigenvalue weighted by atomic mass is 9.84. The number of hydrogen-bond donors (Lipinski definition) is 0. The maximum atomic E-state index is 11.7. The smallest absolute Gasteiger partial charge is 0.152 e. The van der Waals surface area contributed by atoms with Crippen molar-refractivity contribution in [1.29, 1.82) is 0 Å². The van der Waals surface area contributed by atoms with Crippen LogP contribution in [0.5, 0.6) is 0 Å². The van der Waals surface area contributed by atoms with Crippen LogP contribution in [0.25, 0.3) is 0 Å². The Bertz CT molecular complexity index is 418. The highest BCUT2D eigenvalue weighted by atomic mass is 16.1. The Labute approximate surface area is 95.9 Å². The van der Waals surface area contributed by atoms with Crippen molar-refractivity contribution in [2.24, 2.45) is 0 Å². The molecule has 3 rings (SSSR count). The van der Waals surface area contributed by atoms with Crippen molar-refractivity contribution >= 4 is 5.78 Å². The number of aryl methyl sites for hydroxylation is 1. The Morgan fingerprint density at radius 2 is 2.19 bits per heavy atom. The van der Waals surface area contributed by atoms with E-state index in [-0.39, 0.29) is 6.04 Å². The predicted octanol–water partition coefficient (Wildman–Crippen LogP) is 2.62. The van der Waals surface area contributed by atoms with Gasteiger partial charge >= 0.3 is 0 Å². The van der Waals surface area contributed by atoms with Crippen molar-refractivity contribution < 1.29 is 4.79 Å². The van der Waals surface area contributed by atoms with Gasteiger partial charge in [-0.3, -0.25) is 4.79 Å².